The lowest BCUT2D eigenvalue weighted by molar-refractivity contribution is -0.120. The van der Waals surface area contributed by atoms with Crippen molar-refractivity contribution < 1.29 is 19.4 Å². The number of carbonyl (C=O) groups excluding carboxylic acids is 2. The summed E-state index contributed by atoms with van der Waals surface area (Å²) in [5.74, 6) is -0.440. The Bertz CT molecular complexity index is 163. The molecule has 56 valence electrons. The van der Waals surface area contributed by atoms with E-state index in [0.29, 0.717) is 0 Å². The molecule has 1 N–H and O–H groups in total. The molecule has 4 heteroatoms. The van der Waals surface area contributed by atoms with Crippen LogP contribution in [0.4, 0.5) is 0 Å². The lowest BCUT2D eigenvalue weighted by atomic mass is 10.2. The number of epoxide rings is 1. The second-order valence-corrected chi connectivity index (χ2v) is 2.14. The van der Waals surface area contributed by atoms with Crippen LogP contribution in [0, 0.1) is 0 Å². The van der Waals surface area contributed by atoms with Gasteiger partial charge in [0.05, 0.1) is 6.42 Å². The molecule has 0 saturated carbocycles. The van der Waals surface area contributed by atoms with Gasteiger partial charge in [-0.3, -0.25) is 4.79 Å². The number of rotatable bonds is 4. The van der Waals surface area contributed by atoms with Gasteiger partial charge in [-0.25, -0.2) is 4.79 Å². The maximum atomic E-state index is 10.6. The highest BCUT2D eigenvalue weighted by atomic mass is 16.6. The third-order valence-electron chi connectivity index (χ3n) is 1.27. The zero-order valence-electron chi connectivity index (χ0n) is 5.37. The Morgan fingerprint density at radius 3 is 2.70 bits per heavy atom. The first-order valence-corrected chi connectivity index (χ1v) is 3.07. The highest BCUT2D eigenvalue weighted by Crippen LogP contribution is 2.16. The van der Waals surface area contributed by atoms with Gasteiger partial charge in [0, 0.05) is 13.0 Å². The van der Waals surface area contributed by atoms with Crippen LogP contribution in [0.3, 0.4) is 0 Å². The average molecular weight is 144 g/mol. The van der Waals surface area contributed by atoms with E-state index in [-0.39, 0.29) is 31.2 Å². The van der Waals surface area contributed by atoms with Crippen molar-refractivity contribution in [2.75, 3.05) is 6.61 Å². The molecule has 0 aromatic carbocycles. The van der Waals surface area contributed by atoms with Gasteiger partial charge in [-0.05, 0) is 0 Å². The largest absolute Gasteiger partial charge is 0.447 e. The highest BCUT2D eigenvalue weighted by molar-refractivity contribution is 5.93. The van der Waals surface area contributed by atoms with Crippen LogP contribution in [0.2, 0.25) is 0 Å². The zero-order chi connectivity index (χ0) is 7.56. The smallest absolute Gasteiger partial charge is 0.348 e. The van der Waals surface area contributed by atoms with Crippen LogP contribution in [-0.2, 0) is 14.3 Å². The second kappa shape index (κ2) is 2.79. The summed E-state index contributed by atoms with van der Waals surface area (Å²) in [6, 6.07) is 0. The molecule has 1 aliphatic rings. The molecule has 1 rings (SSSR count). The molecule has 0 aromatic rings. The third kappa shape index (κ3) is 1.80. The Labute approximate surface area is 57.8 Å². The summed E-state index contributed by atoms with van der Waals surface area (Å²) < 4.78 is 4.39. The van der Waals surface area contributed by atoms with Crippen molar-refractivity contribution in [1.82, 2.24) is 0 Å². The van der Waals surface area contributed by atoms with E-state index in [1.165, 1.54) is 0 Å². The number of ether oxygens (including phenoxy) is 1. The predicted molar refractivity (Wildman–Crippen MR) is 31.2 cm³/mol. The van der Waals surface area contributed by atoms with E-state index in [1.54, 1.807) is 0 Å². The monoisotopic (exact) mass is 144 g/mol. The van der Waals surface area contributed by atoms with Gasteiger partial charge >= 0.3 is 5.97 Å². The minimum absolute atomic E-state index is 0.118. The molecule has 10 heavy (non-hydrogen) atoms. The molecule has 0 bridgehead atoms. The average Bonchev–Trinajstić information content (AvgIpc) is 2.47. The molecule has 1 aliphatic heterocycles. The third-order valence-corrected chi connectivity index (χ3v) is 1.27. The Morgan fingerprint density at radius 1 is 1.70 bits per heavy atom. The van der Waals surface area contributed by atoms with Crippen molar-refractivity contribution >= 4 is 11.8 Å². The van der Waals surface area contributed by atoms with Gasteiger partial charge in [0.1, 0.15) is 5.78 Å². The van der Waals surface area contributed by atoms with Crippen LogP contribution in [0.25, 0.3) is 0 Å². The molecule has 1 heterocycles. The second-order valence-electron chi connectivity index (χ2n) is 2.14. The van der Waals surface area contributed by atoms with E-state index in [1.807, 2.05) is 0 Å². The van der Waals surface area contributed by atoms with Crippen molar-refractivity contribution in [3.63, 3.8) is 0 Å². The summed E-state index contributed by atoms with van der Waals surface area (Å²) >= 11 is 0. The zero-order valence-corrected chi connectivity index (χ0v) is 5.37. The number of cyclic esters (lactones) is 1. The molecule has 1 unspecified atom stereocenters. The Kier molecular flexibility index (Phi) is 2.01. The van der Waals surface area contributed by atoms with E-state index >= 15 is 0 Å². The van der Waals surface area contributed by atoms with E-state index in [4.69, 9.17) is 5.11 Å². The number of carbonyl (C=O) groups is 2. The molecule has 1 saturated heterocycles. The molecular weight excluding hydrogens is 136 g/mol. The summed E-state index contributed by atoms with van der Waals surface area (Å²) in [5, 5.41) is 8.29. The van der Waals surface area contributed by atoms with Crippen molar-refractivity contribution in [2.24, 2.45) is 0 Å². The molecule has 0 aliphatic carbocycles. The molecular formula is C6H8O4. The fourth-order valence-corrected chi connectivity index (χ4v) is 0.665. The van der Waals surface area contributed by atoms with Crippen LogP contribution in [0.5, 0.6) is 0 Å². The van der Waals surface area contributed by atoms with Gasteiger partial charge in [0.15, 0.2) is 0 Å². The van der Waals surface area contributed by atoms with Crippen molar-refractivity contribution in [2.45, 2.75) is 18.9 Å². The first kappa shape index (κ1) is 7.21. The minimum Gasteiger partial charge on any atom is -0.447 e. The van der Waals surface area contributed by atoms with Crippen molar-refractivity contribution in [3.8, 4) is 0 Å². The van der Waals surface area contributed by atoms with Crippen LogP contribution in [0.1, 0.15) is 12.8 Å². The standard InChI is InChI=1S/C6H8O4/c7-2-1-4(8)3-5-6(9)10-5/h5,7H,1-3H2. The molecule has 0 radical (unpaired) electrons. The van der Waals surface area contributed by atoms with Gasteiger partial charge < -0.3 is 9.84 Å². The number of hydrogen-bond acceptors (Lipinski definition) is 4. The van der Waals surface area contributed by atoms with Crippen molar-refractivity contribution in [1.29, 1.82) is 0 Å². The summed E-state index contributed by atoms with van der Waals surface area (Å²) in [4.78, 5) is 20.8. The van der Waals surface area contributed by atoms with Gasteiger partial charge in [-0.15, -0.1) is 0 Å². The summed E-state index contributed by atoms with van der Waals surface area (Å²) in [7, 11) is 0. The van der Waals surface area contributed by atoms with Gasteiger partial charge in [0.2, 0.25) is 6.10 Å². The molecule has 0 aromatic heterocycles. The maximum absolute atomic E-state index is 10.6. The number of aliphatic hydroxyl groups excluding tert-OH is 1. The SMILES string of the molecule is O=C(CCO)CC1OC1=O. The predicted octanol–water partition coefficient (Wildman–Crippen LogP) is -0.747. The fraction of sp³-hybridized carbons (Fsp3) is 0.667. The summed E-state index contributed by atoms with van der Waals surface area (Å²) in [6.45, 7) is -0.153. The molecule has 1 atom stereocenters. The molecule has 1 fully saturated rings. The number of Topliss-reactive ketones (excluding diaryl/α,β-unsaturated/α-hetero) is 1. The lowest BCUT2D eigenvalue weighted by Gasteiger charge is -1.89. The van der Waals surface area contributed by atoms with Gasteiger partial charge in [-0.2, -0.15) is 0 Å². The lowest BCUT2D eigenvalue weighted by Crippen LogP contribution is -2.04. The topological polar surface area (TPSA) is 66.9 Å². The maximum Gasteiger partial charge on any atom is 0.348 e. The summed E-state index contributed by atoms with van der Waals surface area (Å²) in [5.41, 5.74) is 0. The first-order valence-electron chi connectivity index (χ1n) is 3.07. The van der Waals surface area contributed by atoms with Crippen LogP contribution >= 0.6 is 0 Å². The molecule has 0 spiro atoms. The fourth-order valence-electron chi connectivity index (χ4n) is 0.665. The Morgan fingerprint density at radius 2 is 2.30 bits per heavy atom. The quantitative estimate of drug-likeness (QED) is 0.527. The van der Waals surface area contributed by atoms with E-state index in [2.05, 4.69) is 4.74 Å². The number of hydrogen-bond donors (Lipinski definition) is 1. The number of ketones is 1. The van der Waals surface area contributed by atoms with Gasteiger partial charge in [-0.1, -0.05) is 0 Å². The van der Waals surface area contributed by atoms with Crippen LogP contribution < -0.4 is 0 Å². The Hall–Kier alpha value is -0.900. The number of aliphatic hydroxyl groups is 1. The van der Waals surface area contributed by atoms with E-state index < -0.39 is 6.10 Å². The minimum atomic E-state index is -0.501. The highest BCUT2D eigenvalue weighted by Gasteiger charge is 2.39. The normalized spacial score (nSPS) is 22.1. The van der Waals surface area contributed by atoms with Gasteiger partial charge in [0.25, 0.3) is 0 Å². The Balaban J connectivity index is 2.13. The van der Waals surface area contributed by atoms with Crippen molar-refractivity contribution in [3.05, 3.63) is 0 Å². The summed E-state index contributed by atoms with van der Waals surface area (Å²) in [6.07, 6.45) is -0.258. The first-order chi connectivity index (χ1) is 4.74. The molecule has 0 amide bonds. The van der Waals surface area contributed by atoms with Crippen LogP contribution in [0.15, 0.2) is 0 Å². The van der Waals surface area contributed by atoms with E-state index in [0.717, 1.165) is 0 Å². The van der Waals surface area contributed by atoms with E-state index in [9.17, 15) is 9.59 Å². The molecule has 4 nitrogen and oxygen atoms in total. The van der Waals surface area contributed by atoms with Crippen LogP contribution in [-0.4, -0.2) is 29.6 Å².